The summed E-state index contributed by atoms with van der Waals surface area (Å²) in [6.07, 6.45) is 1.73. The van der Waals surface area contributed by atoms with Crippen LogP contribution in [0.5, 0.6) is 0 Å². The van der Waals surface area contributed by atoms with Gasteiger partial charge in [0.25, 0.3) is 0 Å². The molecule has 0 aromatic rings. The van der Waals surface area contributed by atoms with E-state index < -0.39 is 18.4 Å². The average molecular weight is 196 g/mol. The van der Waals surface area contributed by atoms with Crippen molar-refractivity contribution < 1.29 is 38.7 Å². The first-order valence-electron chi connectivity index (χ1n) is 4.16. The number of carboxylic acids is 2. The molecule has 5 heteroatoms. The van der Waals surface area contributed by atoms with Crippen LogP contribution in [0.25, 0.3) is 0 Å². The van der Waals surface area contributed by atoms with Crippen LogP contribution in [-0.4, -0.2) is 22.2 Å². The second-order valence-electron chi connectivity index (χ2n) is 2.86. The molecule has 0 amide bonds. The molecule has 1 atom stereocenters. The van der Waals surface area contributed by atoms with Crippen LogP contribution in [0.2, 0.25) is 0 Å². The predicted molar refractivity (Wildman–Crippen MR) is 49.3 cm³/mol. The molecule has 4 nitrogen and oxygen atoms in total. The molecule has 0 aliphatic carbocycles. The number of rotatable bonds is 4. The van der Waals surface area contributed by atoms with Crippen molar-refractivity contribution in [2.45, 2.75) is 33.1 Å². The molecule has 0 radical (unpaired) electrons. The maximum atomic E-state index is 9.43. The Balaban J connectivity index is -0.000000163. The van der Waals surface area contributed by atoms with Gasteiger partial charge in [-0.1, -0.05) is 26.7 Å². The van der Waals surface area contributed by atoms with E-state index >= 15 is 0 Å². The van der Waals surface area contributed by atoms with E-state index in [0.29, 0.717) is 5.92 Å². The molecule has 1 unspecified atom stereocenters. The fraction of sp³-hybridized carbons (Fsp3) is 0.667. The van der Waals surface area contributed by atoms with Crippen LogP contribution in [-0.2, 0) is 9.59 Å². The van der Waals surface area contributed by atoms with Crippen LogP contribution in [0.1, 0.15) is 33.1 Å². The third-order valence-corrected chi connectivity index (χ3v) is 1.08. The summed E-state index contributed by atoms with van der Waals surface area (Å²) in [6, 6.07) is 0. The summed E-state index contributed by atoms with van der Waals surface area (Å²) in [5, 5.41) is 15.4. The van der Waals surface area contributed by atoms with E-state index in [-0.39, 0.29) is 18.9 Å². The summed E-state index contributed by atoms with van der Waals surface area (Å²) >= 11 is 0. The molecule has 2 N–H and O–H groups in total. The third-order valence-electron chi connectivity index (χ3n) is 1.08. The van der Waals surface area contributed by atoms with Gasteiger partial charge < -0.3 is 17.1 Å². The van der Waals surface area contributed by atoms with Crippen LogP contribution in [0.4, 0.5) is 0 Å². The van der Waals surface area contributed by atoms with Gasteiger partial charge in [0.15, 0.2) is 0 Å². The molecule has 78 valence electrons. The number of hydrogen-bond acceptors (Lipinski definition) is 2. The summed E-state index contributed by atoms with van der Waals surface area (Å²) in [5.74, 6) is -1.98. The van der Waals surface area contributed by atoms with E-state index in [0.717, 1.165) is 0 Å². The fourth-order valence-electron chi connectivity index (χ4n) is 0.622. The van der Waals surface area contributed by atoms with Crippen molar-refractivity contribution >= 4 is 11.9 Å². The van der Waals surface area contributed by atoms with Gasteiger partial charge in [-0.3, -0.25) is 9.59 Å². The number of aliphatic carboxylic acids is 2. The minimum atomic E-state index is -1.31. The molecule has 0 fully saturated rings. The average Bonchev–Trinajstić information content (AvgIpc) is 1.83. The van der Waals surface area contributed by atoms with Gasteiger partial charge in [-0.2, -0.15) is 5.92 Å². The van der Waals surface area contributed by atoms with Crippen molar-refractivity contribution in [3.63, 3.8) is 0 Å². The Morgan fingerprint density at radius 1 is 1.29 bits per heavy atom. The van der Waals surface area contributed by atoms with Crippen LogP contribution in [0.15, 0.2) is 0 Å². The maximum Gasteiger partial charge on any atom is 1.00 e. The van der Waals surface area contributed by atoms with E-state index in [9.17, 15) is 9.59 Å². The summed E-state index contributed by atoms with van der Waals surface area (Å²) in [6.45, 7) is 8.15. The smallest absolute Gasteiger partial charge is 0.481 e. The molecule has 0 aliphatic heterocycles. The van der Waals surface area contributed by atoms with Crippen molar-refractivity contribution in [1.82, 2.24) is 0 Å². The van der Waals surface area contributed by atoms with Crippen molar-refractivity contribution in [1.29, 1.82) is 0 Å². The number of carboxylic acid groups (broad SMARTS) is 2. The van der Waals surface area contributed by atoms with E-state index in [2.05, 4.69) is 20.8 Å². The van der Waals surface area contributed by atoms with Gasteiger partial charge in [0, 0.05) is 0 Å². The molecule has 0 aliphatic rings. The summed E-state index contributed by atoms with van der Waals surface area (Å²) in [5.41, 5.74) is 0. The third kappa shape index (κ3) is 30.0. The van der Waals surface area contributed by atoms with Crippen LogP contribution >= 0.6 is 0 Å². The minimum absolute atomic E-state index is 0. The summed E-state index contributed by atoms with van der Waals surface area (Å²) in [4.78, 5) is 18.9. The molecule has 14 heavy (non-hydrogen) atoms. The number of carbonyl (C=O) groups is 2. The van der Waals surface area contributed by atoms with Gasteiger partial charge in [-0.25, -0.2) is 0 Å². The van der Waals surface area contributed by atoms with E-state index in [4.69, 9.17) is 10.2 Å². The van der Waals surface area contributed by atoms with Crippen molar-refractivity contribution in [2.75, 3.05) is 0 Å². The first-order chi connectivity index (χ1) is 5.90. The van der Waals surface area contributed by atoms with Gasteiger partial charge in [0.1, 0.15) is 6.42 Å². The molecule has 0 spiro atoms. The topological polar surface area (TPSA) is 74.6 Å². The van der Waals surface area contributed by atoms with Crippen molar-refractivity contribution in [3.8, 4) is 0 Å². The second-order valence-corrected chi connectivity index (χ2v) is 2.86. The maximum absolute atomic E-state index is 9.43. The van der Waals surface area contributed by atoms with Crippen molar-refractivity contribution in [2.24, 2.45) is 5.92 Å². The van der Waals surface area contributed by atoms with Crippen LogP contribution in [0, 0.1) is 12.8 Å². The Hall–Kier alpha value is -0.463. The van der Waals surface area contributed by atoms with E-state index in [1.807, 2.05) is 0 Å². The molecule has 0 saturated carbocycles. The molecular weight excluding hydrogens is 179 g/mol. The van der Waals surface area contributed by atoms with Gasteiger partial charge >= 0.3 is 30.8 Å². The Kier molecular flexibility index (Phi) is 17.2. The van der Waals surface area contributed by atoms with E-state index in [1.54, 1.807) is 0 Å². The first kappa shape index (κ1) is 19.2. The van der Waals surface area contributed by atoms with Crippen LogP contribution in [0.3, 0.4) is 0 Å². The zero-order valence-electron chi connectivity index (χ0n) is 9.12. The normalized spacial score (nSPS) is 10.2. The molecule has 0 heterocycles. The van der Waals surface area contributed by atoms with E-state index in [1.165, 1.54) is 12.8 Å². The van der Waals surface area contributed by atoms with Gasteiger partial charge in [0.05, 0.1) is 0 Å². The monoisotopic (exact) mass is 196 g/mol. The predicted octanol–water partition coefficient (Wildman–Crippen LogP) is -1.19. The Morgan fingerprint density at radius 2 is 1.64 bits per heavy atom. The largest absolute Gasteiger partial charge is 1.00 e. The van der Waals surface area contributed by atoms with Crippen molar-refractivity contribution in [3.05, 3.63) is 6.92 Å². The molecule has 0 bridgehead atoms. The van der Waals surface area contributed by atoms with Gasteiger partial charge in [-0.05, 0) is 0 Å². The molecule has 0 saturated heterocycles. The Labute approximate surface area is 96.9 Å². The second kappa shape index (κ2) is 12.5. The summed E-state index contributed by atoms with van der Waals surface area (Å²) < 4.78 is 0. The first-order valence-corrected chi connectivity index (χ1v) is 4.16. The molecule has 0 rings (SSSR count). The van der Waals surface area contributed by atoms with Gasteiger partial charge in [-0.15, -0.1) is 0 Å². The Morgan fingerprint density at radius 3 is 1.64 bits per heavy atom. The van der Waals surface area contributed by atoms with Gasteiger partial charge in [0.2, 0.25) is 0 Å². The minimum Gasteiger partial charge on any atom is -0.481 e. The number of hydrogen-bond donors (Lipinski definition) is 2. The standard InChI is InChI=1S/C6H13.C3H4O4.Li/c1-4-5-6(2)3;4-2(5)1-3(6)7;/h6H,2,4-5H2,1,3H3;1H2,(H,4,5)(H,6,7);/q-1;;+1. The Bertz CT molecular complexity index is 145. The summed E-state index contributed by atoms with van der Waals surface area (Å²) in [7, 11) is 0. The zero-order valence-corrected chi connectivity index (χ0v) is 9.12. The van der Waals surface area contributed by atoms with Crippen LogP contribution < -0.4 is 18.9 Å². The quantitative estimate of drug-likeness (QED) is 0.336. The molecular formula is C9H17LiO4. The fourth-order valence-corrected chi connectivity index (χ4v) is 0.622. The molecule has 0 aromatic heterocycles. The molecule has 0 aromatic carbocycles. The SMILES string of the molecule is O=C(O)CC(=O)O.[CH2-]C(C)CCC.[Li+]. The zero-order chi connectivity index (χ0) is 10.9.